The third-order valence-corrected chi connectivity index (χ3v) is 4.53. The number of benzene rings is 2. The molecule has 0 N–H and O–H groups in total. The lowest BCUT2D eigenvalue weighted by atomic mass is 9.87. The highest BCUT2D eigenvalue weighted by atomic mass is 16.7. The zero-order chi connectivity index (χ0) is 19.4. The first-order chi connectivity index (χ1) is 12.9. The number of aromatic nitrogens is 1. The van der Waals surface area contributed by atoms with Gasteiger partial charge in [0.15, 0.2) is 0 Å². The molecule has 0 radical (unpaired) electrons. The molecule has 1 aliphatic rings. The lowest BCUT2D eigenvalue weighted by Gasteiger charge is -2.20. The van der Waals surface area contributed by atoms with Gasteiger partial charge in [-0.2, -0.15) is 0 Å². The van der Waals surface area contributed by atoms with Crippen molar-refractivity contribution >= 4 is 22.3 Å². The second-order valence-electron chi connectivity index (χ2n) is 6.99. The molecule has 3 aromatic rings. The quantitative estimate of drug-likeness (QED) is 0.489. The van der Waals surface area contributed by atoms with E-state index < -0.39 is 0 Å². The van der Waals surface area contributed by atoms with Crippen LogP contribution in [0, 0.1) is 10.1 Å². The van der Waals surface area contributed by atoms with Gasteiger partial charge in [0.1, 0.15) is 0 Å². The van der Waals surface area contributed by atoms with E-state index in [2.05, 4.69) is 31.0 Å². The molecule has 6 heteroatoms. The Kier molecular flexibility index (Phi) is 5.37. The van der Waals surface area contributed by atoms with Crippen molar-refractivity contribution in [2.45, 2.75) is 26.2 Å². The summed E-state index contributed by atoms with van der Waals surface area (Å²) >= 11 is 0. The molecule has 1 aliphatic heterocycles. The maximum absolute atomic E-state index is 10.8. The number of hydrogen-bond acceptors (Lipinski definition) is 5. The number of nitrogens with zero attached hydrogens (tertiary/aromatic N) is 3. The van der Waals surface area contributed by atoms with Crippen LogP contribution in [-0.4, -0.2) is 23.1 Å². The summed E-state index contributed by atoms with van der Waals surface area (Å²) in [6.45, 7) is 7.39. The number of hydrogen-bond donors (Lipinski definition) is 0. The minimum Gasteiger partial charge on any atom is -0.274 e. The first-order valence-electron chi connectivity index (χ1n) is 8.91. The lowest BCUT2D eigenvalue weighted by molar-refractivity contribution is -0.384. The number of nitro groups is 1. The molecule has 0 unspecified atom stereocenters. The summed E-state index contributed by atoms with van der Waals surface area (Å²) in [5, 5.41) is 13.7. The van der Waals surface area contributed by atoms with Crippen molar-refractivity contribution < 1.29 is 9.76 Å². The van der Waals surface area contributed by atoms with Gasteiger partial charge in [-0.15, -0.1) is 0 Å². The van der Waals surface area contributed by atoms with Crippen molar-refractivity contribution in [3.05, 3.63) is 76.5 Å². The van der Waals surface area contributed by atoms with Gasteiger partial charge in [-0.25, -0.2) is 0 Å². The van der Waals surface area contributed by atoms with E-state index in [9.17, 15) is 10.1 Å². The topological polar surface area (TPSA) is 68.5 Å². The highest BCUT2D eigenvalue weighted by Crippen LogP contribution is 2.42. The van der Waals surface area contributed by atoms with E-state index in [1.807, 2.05) is 43.5 Å². The van der Waals surface area contributed by atoms with E-state index in [1.165, 1.54) is 5.39 Å². The minimum absolute atomic E-state index is 0.0420. The second-order valence-corrected chi connectivity index (χ2v) is 6.99. The highest BCUT2D eigenvalue weighted by molar-refractivity contribution is 5.77. The zero-order valence-corrected chi connectivity index (χ0v) is 15.8. The molecule has 2 aromatic carbocycles. The molecule has 0 fully saturated rings. The monoisotopic (exact) mass is 365 g/mol. The molecule has 0 saturated heterocycles. The van der Waals surface area contributed by atoms with Crippen LogP contribution in [0.2, 0.25) is 0 Å². The standard InChI is InChI=1S/C12H16N2O3.C9H7N/c1-4-17-13-8-12(2,3)10-6-5-9(14(15)16)7-11(10)13;1-2-6-9-8(4-1)5-3-7-10-9/h5-7H,4,8H2,1-3H3;1-7H. The fourth-order valence-electron chi connectivity index (χ4n) is 3.23. The van der Waals surface area contributed by atoms with E-state index in [0.29, 0.717) is 6.61 Å². The number of hydroxylamine groups is 1. The molecular formula is C21H23N3O3. The summed E-state index contributed by atoms with van der Waals surface area (Å²) in [5.74, 6) is 0. The number of non-ortho nitro benzene ring substituents is 1. The van der Waals surface area contributed by atoms with Gasteiger partial charge in [0.05, 0.1) is 29.3 Å². The molecule has 4 rings (SSSR count). The predicted octanol–water partition coefficient (Wildman–Crippen LogP) is 4.88. The van der Waals surface area contributed by atoms with Gasteiger partial charge in [-0.3, -0.25) is 25.0 Å². The Morgan fingerprint density at radius 1 is 1.19 bits per heavy atom. The van der Waals surface area contributed by atoms with Crippen molar-refractivity contribution in [3.63, 3.8) is 0 Å². The number of anilines is 1. The van der Waals surface area contributed by atoms with Crippen LogP contribution in [-0.2, 0) is 10.3 Å². The summed E-state index contributed by atoms with van der Waals surface area (Å²) in [5.41, 5.74) is 3.03. The third kappa shape index (κ3) is 4.06. The summed E-state index contributed by atoms with van der Waals surface area (Å²) in [6, 6.07) is 17.0. The van der Waals surface area contributed by atoms with Crippen molar-refractivity contribution in [1.82, 2.24) is 4.98 Å². The summed E-state index contributed by atoms with van der Waals surface area (Å²) in [7, 11) is 0. The average molecular weight is 365 g/mol. The SMILES string of the molecule is CCON1CC(C)(C)c2ccc([N+](=O)[O-])cc21.c1ccc2ncccc2c1. The van der Waals surface area contributed by atoms with Crippen LogP contribution in [0.1, 0.15) is 26.3 Å². The van der Waals surface area contributed by atoms with Crippen molar-refractivity contribution in [2.24, 2.45) is 0 Å². The number of rotatable bonds is 3. The maximum atomic E-state index is 10.8. The van der Waals surface area contributed by atoms with E-state index in [-0.39, 0.29) is 16.0 Å². The number of nitro benzene ring substituents is 1. The third-order valence-electron chi connectivity index (χ3n) is 4.53. The average Bonchev–Trinajstić information content (AvgIpc) is 2.92. The van der Waals surface area contributed by atoms with Gasteiger partial charge in [-0.1, -0.05) is 38.1 Å². The first-order valence-corrected chi connectivity index (χ1v) is 8.91. The van der Waals surface area contributed by atoms with Gasteiger partial charge < -0.3 is 0 Å². The Morgan fingerprint density at radius 2 is 1.93 bits per heavy atom. The van der Waals surface area contributed by atoms with E-state index >= 15 is 0 Å². The minimum atomic E-state index is -0.379. The molecular weight excluding hydrogens is 342 g/mol. The molecule has 0 atom stereocenters. The van der Waals surface area contributed by atoms with Crippen LogP contribution in [0.25, 0.3) is 10.9 Å². The Morgan fingerprint density at radius 3 is 2.63 bits per heavy atom. The Hall–Kier alpha value is -2.99. The van der Waals surface area contributed by atoms with E-state index in [4.69, 9.17) is 4.84 Å². The summed E-state index contributed by atoms with van der Waals surface area (Å²) in [6.07, 6.45) is 1.81. The fraction of sp³-hybridized carbons (Fsp3) is 0.286. The number of para-hydroxylation sites is 1. The van der Waals surface area contributed by atoms with E-state index in [1.54, 1.807) is 17.2 Å². The van der Waals surface area contributed by atoms with Gasteiger partial charge >= 0.3 is 0 Å². The van der Waals surface area contributed by atoms with Gasteiger partial charge in [0, 0.05) is 29.1 Å². The molecule has 1 aromatic heterocycles. The van der Waals surface area contributed by atoms with Crippen molar-refractivity contribution in [3.8, 4) is 0 Å². The van der Waals surface area contributed by atoms with Crippen LogP contribution in [0.4, 0.5) is 11.4 Å². The molecule has 0 bridgehead atoms. The normalized spacial score (nSPS) is 14.4. The zero-order valence-electron chi connectivity index (χ0n) is 15.8. The van der Waals surface area contributed by atoms with Gasteiger partial charge in [-0.05, 0) is 30.7 Å². The molecule has 0 spiro atoms. The van der Waals surface area contributed by atoms with Crippen LogP contribution >= 0.6 is 0 Å². The maximum Gasteiger partial charge on any atom is 0.271 e. The first kappa shape index (κ1) is 18.8. The molecule has 6 nitrogen and oxygen atoms in total. The molecule has 2 heterocycles. The molecule has 140 valence electrons. The van der Waals surface area contributed by atoms with Crippen LogP contribution < -0.4 is 5.06 Å². The van der Waals surface area contributed by atoms with Gasteiger partial charge in [0.25, 0.3) is 5.69 Å². The van der Waals surface area contributed by atoms with Crippen molar-refractivity contribution in [2.75, 3.05) is 18.2 Å². The summed E-state index contributed by atoms with van der Waals surface area (Å²) in [4.78, 5) is 20.1. The largest absolute Gasteiger partial charge is 0.274 e. The number of pyridine rings is 1. The molecule has 0 aliphatic carbocycles. The predicted molar refractivity (Wildman–Crippen MR) is 107 cm³/mol. The van der Waals surface area contributed by atoms with Gasteiger partial charge in [0.2, 0.25) is 0 Å². The lowest BCUT2D eigenvalue weighted by Crippen LogP contribution is -2.28. The Balaban J connectivity index is 0.000000177. The fourth-order valence-corrected chi connectivity index (χ4v) is 3.23. The van der Waals surface area contributed by atoms with Crippen LogP contribution in [0.5, 0.6) is 0 Å². The smallest absolute Gasteiger partial charge is 0.271 e. The number of fused-ring (bicyclic) bond motifs is 2. The summed E-state index contributed by atoms with van der Waals surface area (Å²) < 4.78 is 0. The van der Waals surface area contributed by atoms with Crippen molar-refractivity contribution in [1.29, 1.82) is 0 Å². The molecule has 27 heavy (non-hydrogen) atoms. The Labute approximate surface area is 158 Å². The highest BCUT2D eigenvalue weighted by Gasteiger charge is 2.36. The Bertz CT molecular complexity index is 891. The van der Waals surface area contributed by atoms with E-state index in [0.717, 1.165) is 23.3 Å². The second kappa shape index (κ2) is 7.72. The molecule has 0 amide bonds. The van der Waals surface area contributed by atoms with Crippen LogP contribution in [0.3, 0.4) is 0 Å². The van der Waals surface area contributed by atoms with Crippen LogP contribution in [0.15, 0.2) is 60.8 Å². The molecule has 0 saturated carbocycles.